The standard InChI is InChI=1S/C14H14F3N5/c1-8-6-9-2-3-10(7-8)21(9)12-5-4-11-18-19-13(14(15,16)17)22(11)20-12/h4-5,9-10H,1-3,6-7H2. The van der Waals surface area contributed by atoms with Crippen molar-refractivity contribution in [3.8, 4) is 0 Å². The van der Waals surface area contributed by atoms with Crippen molar-refractivity contribution < 1.29 is 13.2 Å². The fourth-order valence-corrected chi connectivity index (χ4v) is 3.58. The molecule has 2 atom stereocenters. The van der Waals surface area contributed by atoms with Gasteiger partial charge in [0, 0.05) is 12.1 Å². The molecular weight excluding hydrogens is 295 g/mol. The molecule has 4 heterocycles. The van der Waals surface area contributed by atoms with Crippen LogP contribution in [0.5, 0.6) is 0 Å². The molecule has 8 heteroatoms. The number of alkyl halides is 3. The Kier molecular flexibility index (Phi) is 2.73. The molecule has 0 aromatic carbocycles. The van der Waals surface area contributed by atoms with Crippen LogP contribution in [-0.4, -0.2) is 31.9 Å². The number of hydrogen-bond acceptors (Lipinski definition) is 4. The summed E-state index contributed by atoms with van der Waals surface area (Å²) in [6, 6.07) is 3.82. The molecule has 116 valence electrons. The molecule has 0 saturated carbocycles. The zero-order valence-electron chi connectivity index (χ0n) is 11.7. The molecule has 2 aliphatic heterocycles. The Morgan fingerprint density at radius 3 is 2.41 bits per heavy atom. The topological polar surface area (TPSA) is 46.3 Å². The monoisotopic (exact) mass is 309 g/mol. The second-order valence-electron chi connectivity index (χ2n) is 5.93. The second kappa shape index (κ2) is 4.44. The van der Waals surface area contributed by atoms with E-state index in [4.69, 9.17) is 0 Å². The summed E-state index contributed by atoms with van der Waals surface area (Å²) in [4.78, 5) is 2.13. The molecule has 0 amide bonds. The molecule has 4 rings (SSSR count). The average Bonchev–Trinajstić information content (AvgIpc) is 2.97. The van der Waals surface area contributed by atoms with Gasteiger partial charge in [0.15, 0.2) is 5.65 Å². The summed E-state index contributed by atoms with van der Waals surface area (Å²) in [6.45, 7) is 4.05. The van der Waals surface area contributed by atoms with E-state index in [-0.39, 0.29) is 17.7 Å². The van der Waals surface area contributed by atoms with E-state index < -0.39 is 12.0 Å². The molecule has 2 fully saturated rings. The largest absolute Gasteiger partial charge is 0.453 e. The Balaban J connectivity index is 1.78. The maximum atomic E-state index is 13.0. The average molecular weight is 309 g/mol. The molecule has 0 N–H and O–H groups in total. The van der Waals surface area contributed by atoms with Crippen molar-refractivity contribution in [2.75, 3.05) is 4.90 Å². The van der Waals surface area contributed by atoms with E-state index in [0.29, 0.717) is 5.82 Å². The van der Waals surface area contributed by atoms with Crippen LogP contribution >= 0.6 is 0 Å². The molecular formula is C14H14F3N5. The van der Waals surface area contributed by atoms with Crippen molar-refractivity contribution in [3.63, 3.8) is 0 Å². The van der Waals surface area contributed by atoms with Gasteiger partial charge in [0.1, 0.15) is 5.82 Å². The number of piperidine rings is 1. The third kappa shape index (κ3) is 1.97. The summed E-state index contributed by atoms with van der Waals surface area (Å²) in [5.74, 6) is -0.532. The van der Waals surface area contributed by atoms with Crippen molar-refractivity contribution in [2.45, 2.75) is 43.9 Å². The van der Waals surface area contributed by atoms with E-state index >= 15 is 0 Å². The van der Waals surface area contributed by atoms with Gasteiger partial charge in [-0.2, -0.15) is 17.7 Å². The molecule has 22 heavy (non-hydrogen) atoms. The van der Waals surface area contributed by atoms with Crippen LogP contribution < -0.4 is 4.90 Å². The normalized spacial score (nSPS) is 25.2. The first kappa shape index (κ1) is 13.5. The lowest BCUT2D eigenvalue weighted by Gasteiger charge is -2.36. The van der Waals surface area contributed by atoms with Gasteiger partial charge in [-0.3, -0.25) is 0 Å². The molecule has 0 spiro atoms. The first-order valence-electron chi connectivity index (χ1n) is 7.18. The summed E-state index contributed by atoms with van der Waals surface area (Å²) in [5.41, 5.74) is 1.31. The maximum Gasteiger partial charge on any atom is 0.453 e. The van der Waals surface area contributed by atoms with Gasteiger partial charge < -0.3 is 4.90 Å². The zero-order chi connectivity index (χ0) is 15.5. The quantitative estimate of drug-likeness (QED) is 0.760. The molecule has 5 nitrogen and oxygen atoms in total. The van der Waals surface area contributed by atoms with Gasteiger partial charge in [-0.15, -0.1) is 15.3 Å². The summed E-state index contributed by atoms with van der Waals surface area (Å²) in [6.07, 6.45) is -0.759. The van der Waals surface area contributed by atoms with Crippen LogP contribution in [-0.2, 0) is 6.18 Å². The van der Waals surface area contributed by atoms with Gasteiger partial charge in [0.05, 0.1) is 0 Å². The molecule has 2 unspecified atom stereocenters. The third-order valence-electron chi connectivity index (χ3n) is 4.44. The SMILES string of the molecule is C=C1CC2CCC(C1)N2c1ccc2nnc(C(F)(F)F)n2n1. The number of halogens is 3. The number of hydrogen-bond donors (Lipinski definition) is 0. The van der Waals surface area contributed by atoms with Gasteiger partial charge in [0.25, 0.3) is 5.82 Å². The number of aromatic nitrogens is 4. The molecule has 2 aromatic heterocycles. The highest BCUT2D eigenvalue weighted by Crippen LogP contribution is 2.40. The predicted octanol–water partition coefficient (Wildman–Crippen LogP) is 2.83. The van der Waals surface area contributed by atoms with Crippen LogP contribution in [0.3, 0.4) is 0 Å². The van der Waals surface area contributed by atoms with E-state index in [1.165, 1.54) is 11.6 Å². The minimum atomic E-state index is -4.57. The minimum Gasteiger partial charge on any atom is -0.349 e. The molecule has 2 aromatic rings. The van der Waals surface area contributed by atoms with E-state index in [0.717, 1.165) is 30.2 Å². The summed E-state index contributed by atoms with van der Waals surface area (Å²) in [7, 11) is 0. The van der Waals surface area contributed by atoms with Gasteiger partial charge in [-0.05, 0) is 37.8 Å². The van der Waals surface area contributed by atoms with Crippen LogP contribution in [0.15, 0.2) is 24.3 Å². The summed E-state index contributed by atoms with van der Waals surface area (Å²) < 4.78 is 39.7. The predicted molar refractivity (Wildman–Crippen MR) is 73.4 cm³/mol. The number of fused-ring (bicyclic) bond motifs is 3. The Morgan fingerprint density at radius 1 is 1.09 bits per heavy atom. The van der Waals surface area contributed by atoms with Crippen molar-refractivity contribution in [1.29, 1.82) is 0 Å². The lowest BCUT2D eigenvalue weighted by molar-refractivity contribution is -0.146. The fraction of sp³-hybridized carbons (Fsp3) is 0.500. The van der Waals surface area contributed by atoms with Crippen LogP contribution in [0.4, 0.5) is 19.0 Å². The van der Waals surface area contributed by atoms with E-state index in [2.05, 4.69) is 26.8 Å². The Bertz CT molecular complexity index is 735. The first-order valence-corrected chi connectivity index (χ1v) is 7.18. The lowest BCUT2D eigenvalue weighted by atomic mass is 9.98. The van der Waals surface area contributed by atoms with Crippen molar-refractivity contribution in [1.82, 2.24) is 19.8 Å². The van der Waals surface area contributed by atoms with Gasteiger partial charge in [-0.1, -0.05) is 12.2 Å². The smallest absolute Gasteiger partial charge is 0.349 e. The fourth-order valence-electron chi connectivity index (χ4n) is 3.58. The number of nitrogens with zero attached hydrogens (tertiary/aromatic N) is 5. The Hall–Kier alpha value is -2.12. The highest BCUT2D eigenvalue weighted by Gasteiger charge is 2.40. The van der Waals surface area contributed by atoms with Crippen molar-refractivity contribution in [2.24, 2.45) is 0 Å². The molecule has 2 aliphatic rings. The highest BCUT2D eigenvalue weighted by molar-refractivity contribution is 5.49. The molecule has 2 bridgehead atoms. The van der Waals surface area contributed by atoms with Crippen molar-refractivity contribution in [3.05, 3.63) is 30.1 Å². The van der Waals surface area contributed by atoms with Crippen LogP contribution in [0.1, 0.15) is 31.5 Å². The first-order chi connectivity index (χ1) is 10.4. The highest BCUT2D eigenvalue weighted by atomic mass is 19.4. The Morgan fingerprint density at radius 2 is 1.77 bits per heavy atom. The maximum absolute atomic E-state index is 13.0. The molecule has 0 aliphatic carbocycles. The van der Waals surface area contributed by atoms with Crippen LogP contribution in [0, 0.1) is 0 Å². The van der Waals surface area contributed by atoms with E-state index in [9.17, 15) is 13.2 Å². The Labute approximate surface area is 124 Å². The van der Waals surface area contributed by atoms with Crippen LogP contribution in [0.25, 0.3) is 5.65 Å². The zero-order valence-corrected chi connectivity index (χ0v) is 11.7. The minimum absolute atomic E-state index is 0.102. The molecule has 2 saturated heterocycles. The summed E-state index contributed by atoms with van der Waals surface area (Å²) in [5, 5.41) is 10.9. The van der Waals surface area contributed by atoms with Gasteiger partial charge in [0.2, 0.25) is 0 Å². The van der Waals surface area contributed by atoms with E-state index in [1.807, 2.05) is 0 Å². The lowest BCUT2D eigenvalue weighted by Crippen LogP contribution is -2.41. The van der Waals surface area contributed by atoms with Crippen molar-refractivity contribution >= 4 is 11.5 Å². The van der Waals surface area contributed by atoms with Crippen LogP contribution in [0.2, 0.25) is 0 Å². The second-order valence-corrected chi connectivity index (χ2v) is 5.93. The van der Waals surface area contributed by atoms with E-state index in [1.54, 1.807) is 6.07 Å². The van der Waals surface area contributed by atoms with Gasteiger partial charge in [-0.25, -0.2) is 0 Å². The number of anilines is 1. The molecule has 0 radical (unpaired) electrons. The van der Waals surface area contributed by atoms with Gasteiger partial charge >= 0.3 is 6.18 Å². The summed E-state index contributed by atoms with van der Waals surface area (Å²) >= 11 is 0. The number of rotatable bonds is 1. The third-order valence-corrected chi connectivity index (χ3v) is 4.44.